The number of carbonyl (C=O) groups excluding carboxylic acids is 1. The fraction of sp³-hybridized carbons (Fsp3) is 0.286. The molecule has 9 heteroatoms. The van der Waals surface area contributed by atoms with Crippen molar-refractivity contribution in [1.82, 2.24) is 15.3 Å². The number of aromatic amines is 1. The molecule has 0 aliphatic carbocycles. The molecule has 1 aliphatic rings. The van der Waals surface area contributed by atoms with Gasteiger partial charge < -0.3 is 25.9 Å². The highest BCUT2D eigenvalue weighted by Gasteiger charge is 2.44. The lowest BCUT2D eigenvalue weighted by molar-refractivity contribution is -0.134. The Labute approximate surface area is 172 Å². The van der Waals surface area contributed by atoms with Crippen molar-refractivity contribution >= 4 is 22.7 Å². The summed E-state index contributed by atoms with van der Waals surface area (Å²) in [5.41, 5.74) is 12.6. The maximum atomic E-state index is 12.3. The van der Waals surface area contributed by atoms with Crippen molar-refractivity contribution in [2.75, 3.05) is 6.54 Å². The van der Waals surface area contributed by atoms with Gasteiger partial charge in [0, 0.05) is 12.5 Å². The van der Waals surface area contributed by atoms with Crippen molar-refractivity contribution in [3.63, 3.8) is 0 Å². The minimum atomic E-state index is -1.59. The van der Waals surface area contributed by atoms with Crippen LogP contribution in [0.15, 0.2) is 36.4 Å². The average molecular weight is 408 g/mol. The number of nitrogen functional groups attached to an aromatic ring is 1. The van der Waals surface area contributed by atoms with E-state index in [0.717, 1.165) is 13.0 Å². The highest BCUT2D eigenvalue weighted by atomic mass is 16.5. The van der Waals surface area contributed by atoms with Crippen LogP contribution in [0.1, 0.15) is 25.3 Å². The maximum Gasteiger partial charge on any atom is 0.232 e. The van der Waals surface area contributed by atoms with Crippen LogP contribution < -0.4 is 21.5 Å². The Bertz CT molecular complexity index is 1130. The zero-order chi connectivity index (χ0) is 21.5. The van der Waals surface area contributed by atoms with Crippen LogP contribution in [0, 0.1) is 5.41 Å². The number of amidine groups is 1. The first-order valence-electron chi connectivity index (χ1n) is 9.68. The van der Waals surface area contributed by atoms with Crippen molar-refractivity contribution in [2.45, 2.75) is 31.5 Å². The van der Waals surface area contributed by atoms with Gasteiger partial charge in [0.1, 0.15) is 11.7 Å². The van der Waals surface area contributed by atoms with E-state index in [1.54, 1.807) is 36.4 Å². The Hall–Kier alpha value is -3.43. The Morgan fingerprint density at radius 3 is 2.83 bits per heavy atom. The van der Waals surface area contributed by atoms with Crippen LogP contribution in [0.25, 0.3) is 22.4 Å². The van der Waals surface area contributed by atoms with Crippen LogP contribution in [-0.2, 0) is 4.79 Å². The molecule has 9 nitrogen and oxygen atoms in total. The van der Waals surface area contributed by atoms with E-state index in [1.165, 1.54) is 6.92 Å². The molecule has 0 amide bonds. The normalized spacial score (nSPS) is 18.3. The lowest BCUT2D eigenvalue weighted by Crippen LogP contribution is -2.63. The second-order valence-electron chi connectivity index (χ2n) is 7.48. The van der Waals surface area contributed by atoms with Gasteiger partial charge in [-0.2, -0.15) is 0 Å². The molecule has 30 heavy (non-hydrogen) atoms. The molecule has 0 saturated carbocycles. The van der Waals surface area contributed by atoms with Gasteiger partial charge in [-0.25, -0.2) is 4.98 Å². The van der Waals surface area contributed by atoms with Crippen molar-refractivity contribution in [3.05, 3.63) is 42.0 Å². The molecule has 2 unspecified atom stereocenters. The molecule has 0 spiro atoms. The van der Waals surface area contributed by atoms with Gasteiger partial charge in [0.25, 0.3) is 0 Å². The Morgan fingerprint density at radius 1 is 1.37 bits per heavy atom. The number of rotatable bonds is 6. The molecule has 1 saturated heterocycles. The molecule has 2 aromatic carbocycles. The summed E-state index contributed by atoms with van der Waals surface area (Å²) in [5.74, 6) is -0.0261. The Balaban J connectivity index is 1.72. The van der Waals surface area contributed by atoms with Crippen LogP contribution in [0.3, 0.4) is 0 Å². The number of imidazole rings is 1. The van der Waals surface area contributed by atoms with E-state index in [-0.39, 0.29) is 29.2 Å². The topological polar surface area (TPSA) is 163 Å². The summed E-state index contributed by atoms with van der Waals surface area (Å²) in [6.45, 7) is 2.14. The monoisotopic (exact) mass is 408 g/mol. The fourth-order valence-corrected chi connectivity index (χ4v) is 3.72. The lowest BCUT2D eigenvalue weighted by Gasteiger charge is -2.33. The molecule has 1 aliphatic heterocycles. The summed E-state index contributed by atoms with van der Waals surface area (Å²) in [6, 6.07) is 9.78. The van der Waals surface area contributed by atoms with Crippen LogP contribution in [0.2, 0.25) is 0 Å². The number of fused-ring (bicyclic) bond motifs is 1. The van der Waals surface area contributed by atoms with Crippen molar-refractivity contribution in [2.24, 2.45) is 11.5 Å². The number of benzene rings is 2. The zero-order valence-corrected chi connectivity index (χ0v) is 16.5. The number of nitrogens with one attached hydrogen (secondary N) is 3. The first-order chi connectivity index (χ1) is 14.3. The number of ether oxygens (including phenoxy) is 1. The summed E-state index contributed by atoms with van der Waals surface area (Å²) in [4.78, 5) is 19.9. The number of phenolic OH excluding ortho intramolecular Hbond substituents is 1. The molecular weight excluding hydrogens is 384 g/mol. The third-order valence-corrected chi connectivity index (χ3v) is 5.45. The van der Waals surface area contributed by atoms with Gasteiger partial charge in [0.2, 0.25) is 5.72 Å². The van der Waals surface area contributed by atoms with E-state index < -0.39 is 5.72 Å². The number of hydrogen-bond donors (Lipinski definition) is 6. The number of aromatic hydroxyl groups is 1. The number of hydrogen-bond acceptors (Lipinski definition) is 7. The van der Waals surface area contributed by atoms with Gasteiger partial charge in [0.05, 0.1) is 22.6 Å². The molecule has 2 heterocycles. The molecule has 2 atom stereocenters. The number of aromatic nitrogens is 2. The number of nitrogens with two attached hydrogens (primary N) is 2. The summed E-state index contributed by atoms with van der Waals surface area (Å²) in [5, 5.41) is 21.6. The molecule has 156 valence electrons. The highest BCUT2D eigenvalue weighted by molar-refractivity contribution is 5.98. The quantitative estimate of drug-likeness (QED) is 0.205. The molecule has 3 aromatic rings. The fourth-order valence-electron chi connectivity index (χ4n) is 3.72. The molecule has 0 bridgehead atoms. The third kappa shape index (κ3) is 3.38. The maximum absolute atomic E-state index is 12.3. The van der Waals surface area contributed by atoms with E-state index >= 15 is 0 Å². The van der Waals surface area contributed by atoms with E-state index in [4.69, 9.17) is 21.6 Å². The number of Topliss-reactive ketones (excluding diaryl/α,β-unsaturated/α-hetero) is 1. The van der Waals surface area contributed by atoms with Crippen molar-refractivity contribution in [3.8, 4) is 22.9 Å². The second kappa shape index (κ2) is 7.43. The second-order valence-corrected chi connectivity index (χ2v) is 7.48. The smallest absolute Gasteiger partial charge is 0.232 e. The van der Waals surface area contributed by atoms with E-state index in [9.17, 15) is 9.90 Å². The Kier molecular flexibility index (Phi) is 4.92. The first-order valence-corrected chi connectivity index (χ1v) is 9.68. The molecule has 8 N–H and O–H groups in total. The zero-order valence-electron chi connectivity index (χ0n) is 16.5. The SMILES string of the molecule is CC(=O)C(N)(Oc1cccc(-c2nc3ccc(C(=N)N)cc3[nH]2)c1O)C1CCCN1. The van der Waals surface area contributed by atoms with Crippen LogP contribution in [0.4, 0.5) is 0 Å². The number of H-pyrrole nitrogens is 1. The Morgan fingerprint density at radius 2 is 2.17 bits per heavy atom. The number of carbonyl (C=O) groups is 1. The van der Waals surface area contributed by atoms with Gasteiger partial charge in [-0.05, 0) is 49.7 Å². The third-order valence-electron chi connectivity index (χ3n) is 5.45. The average Bonchev–Trinajstić information content (AvgIpc) is 3.38. The molecule has 1 fully saturated rings. The minimum Gasteiger partial charge on any atom is -0.504 e. The van der Waals surface area contributed by atoms with Gasteiger partial charge in [-0.15, -0.1) is 0 Å². The summed E-state index contributed by atoms with van der Waals surface area (Å²) >= 11 is 0. The van der Waals surface area contributed by atoms with Crippen molar-refractivity contribution < 1.29 is 14.6 Å². The molecule has 0 radical (unpaired) electrons. The molecule has 1 aromatic heterocycles. The van der Waals surface area contributed by atoms with E-state index in [1.807, 2.05) is 0 Å². The summed E-state index contributed by atoms with van der Waals surface area (Å²) < 4.78 is 5.89. The first kappa shape index (κ1) is 19.9. The predicted octanol–water partition coefficient (Wildman–Crippen LogP) is 1.59. The molecule has 4 rings (SSSR count). The predicted molar refractivity (Wildman–Crippen MR) is 113 cm³/mol. The molecular formula is C21H24N6O3. The summed E-state index contributed by atoms with van der Waals surface area (Å²) in [6.07, 6.45) is 1.60. The number of phenols is 1. The van der Waals surface area contributed by atoms with Gasteiger partial charge in [-0.1, -0.05) is 6.07 Å². The highest BCUT2D eigenvalue weighted by Crippen LogP contribution is 2.38. The number of para-hydroxylation sites is 1. The van der Waals surface area contributed by atoms with Crippen LogP contribution >= 0.6 is 0 Å². The largest absolute Gasteiger partial charge is 0.504 e. The van der Waals surface area contributed by atoms with Crippen LogP contribution in [-0.4, -0.2) is 45.0 Å². The van der Waals surface area contributed by atoms with E-state index in [0.29, 0.717) is 34.4 Å². The number of ketones is 1. The van der Waals surface area contributed by atoms with Crippen LogP contribution in [0.5, 0.6) is 11.5 Å². The van der Waals surface area contributed by atoms with E-state index in [2.05, 4.69) is 15.3 Å². The lowest BCUT2D eigenvalue weighted by atomic mass is 9.98. The summed E-state index contributed by atoms with van der Waals surface area (Å²) in [7, 11) is 0. The van der Waals surface area contributed by atoms with Gasteiger partial charge in [-0.3, -0.25) is 15.9 Å². The van der Waals surface area contributed by atoms with Gasteiger partial charge in [0.15, 0.2) is 17.3 Å². The van der Waals surface area contributed by atoms with Crippen molar-refractivity contribution in [1.29, 1.82) is 5.41 Å². The standard InChI is InChI=1S/C21H24N6O3/c1-11(28)21(24,17-6-3-9-25-17)30-16-5-2-4-13(18(16)29)20-26-14-8-7-12(19(22)23)10-15(14)27-20/h2,4-5,7-8,10,17,25,29H,3,6,9,24H2,1H3,(H3,22,23)(H,26,27). The van der Waals surface area contributed by atoms with Gasteiger partial charge >= 0.3 is 0 Å². The number of nitrogens with zero attached hydrogens (tertiary/aromatic N) is 1. The minimum absolute atomic E-state index is 0.0460.